The van der Waals surface area contributed by atoms with E-state index in [-0.39, 0.29) is 17.4 Å². The maximum atomic E-state index is 13.1. The van der Waals surface area contributed by atoms with Crippen molar-refractivity contribution >= 4 is 46.7 Å². The van der Waals surface area contributed by atoms with Crippen LogP contribution in [0.25, 0.3) is 6.08 Å². The fraction of sp³-hybridized carbons (Fsp3) is 0.0500. The molecule has 0 amide bonds. The molecule has 3 nitrogen and oxygen atoms in total. The van der Waals surface area contributed by atoms with E-state index in [4.69, 9.17) is 44.0 Å². The first-order chi connectivity index (χ1) is 12.9. The Morgan fingerprint density at radius 2 is 1.81 bits per heavy atom. The number of carbonyl (C=O) groups excluding carboxylic acids is 1. The normalized spacial score (nSPS) is 11.1. The van der Waals surface area contributed by atoms with E-state index >= 15 is 0 Å². The van der Waals surface area contributed by atoms with Gasteiger partial charge in [0.25, 0.3) is 0 Å². The number of rotatable bonds is 6. The van der Waals surface area contributed by atoms with E-state index in [1.807, 2.05) is 0 Å². The molecule has 0 N–H and O–H groups in total. The van der Waals surface area contributed by atoms with Gasteiger partial charge >= 0.3 is 0 Å². The van der Waals surface area contributed by atoms with Crippen molar-refractivity contribution in [2.45, 2.75) is 6.61 Å². The van der Waals surface area contributed by atoms with Gasteiger partial charge in [0.2, 0.25) is 0 Å². The molecule has 7 heteroatoms. The van der Waals surface area contributed by atoms with Gasteiger partial charge in [0.15, 0.2) is 5.78 Å². The molecule has 0 unspecified atom stereocenters. The molecular weight excluding hydrogens is 414 g/mol. The van der Waals surface area contributed by atoms with Crippen molar-refractivity contribution in [2.75, 3.05) is 0 Å². The van der Waals surface area contributed by atoms with Crippen LogP contribution in [0.5, 0.6) is 5.75 Å². The summed E-state index contributed by atoms with van der Waals surface area (Å²) in [6.07, 6.45) is 2.92. The summed E-state index contributed by atoms with van der Waals surface area (Å²) >= 11 is 17.5. The molecular formula is C20H12Cl3FO3. The lowest BCUT2D eigenvalue weighted by atomic mass is 10.1. The van der Waals surface area contributed by atoms with E-state index < -0.39 is 5.82 Å². The molecule has 0 saturated carbocycles. The van der Waals surface area contributed by atoms with Crippen molar-refractivity contribution in [1.82, 2.24) is 0 Å². The van der Waals surface area contributed by atoms with Crippen molar-refractivity contribution in [1.29, 1.82) is 0 Å². The summed E-state index contributed by atoms with van der Waals surface area (Å²) in [7, 11) is 0. The van der Waals surface area contributed by atoms with Crippen molar-refractivity contribution in [3.8, 4) is 5.75 Å². The molecule has 3 rings (SSSR count). The average molecular weight is 426 g/mol. The SMILES string of the molecule is O=C(/C=C/c1ccc(COc2ccc(F)c(Cl)c2)o1)c1ccc(Cl)c(Cl)c1. The zero-order chi connectivity index (χ0) is 19.4. The molecule has 2 aromatic carbocycles. The van der Waals surface area contributed by atoms with Crippen LogP contribution in [-0.4, -0.2) is 5.78 Å². The number of halogens is 4. The van der Waals surface area contributed by atoms with Gasteiger partial charge in [-0.1, -0.05) is 34.8 Å². The van der Waals surface area contributed by atoms with Gasteiger partial charge in [-0.05, 0) is 54.6 Å². The lowest BCUT2D eigenvalue weighted by Crippen LogP contribution is -1.94. The number of furan rings is 1. The topological polar surface area (TPSA) is 39.4 Å². The number of benzene rings is 2. The van der Waals surface area contributed by atoms with Crippen molar-refractivity contribution < 1.29 is 18.3 Å². The molecule has 0 fully saturated rings. The van der Waals surface area contributed by atoms with Crippen LogP contribution in [0.1, 0.15) is 21.9 Å². The second kappa shape index (κ2) is 8.61. The van der Waals surface area contributed by atoms with Crippen LogP contribution in [0, 0.1) is 5.82 Å². The van der Waals surface area contributed by atoms with Gasteiger partial charge in [-0.15, -0.1) is 0 Å². The van der Waals surface area contributed by atoms with Crippen LogP contribution < -0.4 is 4.74 Å². The van der Waals surface area contributed by atoms with E-state index in [1.165, 1.54) is 30.3 Å². The van der Waals surface area contributed by atoms with Crippen LogP contribution in [0.2, 0.25) is 15.1 Å². The largest absolute Gasteiger partial charge is 0.486 e. The minimum absolute atomic E-state index is 0.0172. The molecule has 0 bridgehead atoms. The predicted octanol–water partition coefficient (Wildman–Crippen LogP) is 6.85. The first-order valence-electron chi connectivity index (χ1n) is 7.76. The van der Waals surface area contributed by atoms with E-state index in [0.717, 1.165) is 0 Å². The third kappa shape index (κ3) is 5.13. The summed E-state index contributed by atoms with van der Waals surface area (Å²) in [5.41, 5.74) is 0.420. The maximum absolute atomic E-state index is 13.1. The van der Waals surface area contributed by atoms with E-state index in [2.05, 4.69) is 0 Å². The number of carbonyl (C=O) groups is 1. The van der Waals surface area contributed by atoms with Crippen LogP contribution in [0.3, 0.4) is 0 Å². The van der Waals surface area contributed by atoms with Gasteiger partial charge in [-0.3, -0.25) is 4.79 Å². The number of ketones is 1. The molecule has 0 aliphatic heterocycles. The average Bonchev–Trinajstić information content (AvgIpc) is 3.11. The van der Waals surface area contributed by atoms with Gasteiger partial charge in [0.05, 0.1) is 15.1 Å². The highest BCUT2D eigenvalue weighted by Crippen LogP contribution is 2.24. The highest BCUT2D eigenvalue weighted by atomic mass is 35.5. The Kier molecular flexibility index (Phi) is 6.22. The summed E-state index contributed by atoms with van der Waals surface area (Å²) in [6, 6.07) is 12.2. The summed E-state index contributed by atoms with van der Waals surface area (Å²) in [5, 5.41) is 0.681. The molecule has 0 aliphatic rings. The zero-order valence-electron chi connectivity index (χ0n) is 13.7. The van der Waals surface area contributed by atoms with Gasteiger partial charge in [-0.2, -0.15) is 0 Å². The van der Waals surface area contributed by atoms with Crippen molar-refractivity contribution in [3.63, 3.8) is 0 Å². The Morgan fingerprint density at radius 1 is 1.00 bits per heavy atom. The lowest BCUT2D eigenvalue weighted by molar-refractivity contribution is 0.104. The van der Waals surface area contributed by atoms with E-state index in [0.29, 0.717) is 32.9 Å². The zero-order valence-corrected chi connectivity index (χ0v) is 16.0. The van der Waals surface area contributed by atoms with Crippen LogP contribution in [0.15, 0.2) is 59.0 Å². The molecule has 0 saturated heterocycles. The predicted molar refractivity (Wildman–Crippen MR) is 104 cm³/mol. The van der Waals surface area contributed by atoms with Crippen LogP contribution in [0.4, 0.5) is 4.39 Å². The fourth-order valence-electron chi connectivity index (χ4n) is 2.19. The monoisotopic (exact) mass is 424 g/mol. The highest BCUT2D eigenvalue weighted by molar-refractivity contribution is 6.42. The molecule has 27 heavy (non-hydrogen) atoms. The highest BCUT2D eigenvalue weighted by Gasteiger charge is 2.07. The molecule has 1 aromatic heterocycles. The Balaban J connectivity index is 1.61. The smallest absolute Gasteiger partial charge is 0.186 e. The van der Waals surface area contributed by atoms with Crippen molar-refractivity contribution in [3.05, 3.63) is 92.6 Å². The second-order valence-corrected chi connectivity index (χ2v) is 6.72. The second-order valence-electron chi connectivity index (χ2n) is 5.50. The quantitative estimate of drug-likeness (QED) is 0.320. The summed E-state index contributed by atoms with van der Waals surface area (Å²) in [5.74, 6) is 0.700. The third-order valence-corrected chi connectivity index (χ3v) is 4.59. The summed E-state index contributed by atoms with van der Waals surface area (Å²) in [4.78, 5) is 12.2. The fourth-order valence-corrected chi connectivity index (χ4v) is 2.65. The first kappa shape index (κ1) is 19.5. The molecule has 138 valence electrons. The van der Waals surface area contributed by atoms with Gasteiger partial charge in [-0.25, -0.2) is 4.39 Å². The van der Waals surface area contributed by atoms with E-state index in [9.17, 15) is 9.18 Å². The van der Waals surface area contributed by atoms with Crippen molar-refractivity contribution in [2.24, 2.45) is 0 Å². The minimum atomic E-state index is -0.513. The van der Waals surface area contributed by atoms with Crippen LogP contribution in [-0.2, 0) is 6.61 Å². The lowest BCUT2D eigenvalue weighted by Gasteiger charge is -2.04. The first-order valence-corrected chi connectivity index (χ1v) is 8.90. The van der Waals surface area contributed by atoms with Gasteiger partial charge in [0.1, 0.15) is 29.7 Å². The Hall–Kier alpha value is -2.27. The Bertz CT molecular complexity index is 1010. The minimum Gasteiger partial charge on any atom is -0.486 e. The molecule has 0 atom stereocenters. The van der Waals surface area contributed by atoms with Gasteiger partial charge in [0, 0.05) is 11.6 Å². The number of allylic oxidation sites excluding steroid dienone is 1. The number of hydrogen-bond acceptors (Lipinski definition) is 3. The molecule has 3 aromatic rings. The molecule has 1 heterocycles. The molecule has 0 spiro atoms. The summed E-state index contributed by atoms with van der Waals surface area (Å²) < 4.78 is 24.2. The summed E-state index contributed by atoms with van der Waals surface area (Å²) in [6.45, 7) is 0.135. The van der Waals surface area contributed by atoms with E-state index in [1.54, 1.807) is 30.3 Å². The number of hydrogen-bond donors (Lipinski definition) is 0. The van der Waals surface area contributed by atoms with Gasteiger partial charge < -0.3 is 9.15 Å². The molecule has 0 radical (unpaired) electrons. The van der Waals surface area contributed by atoms with Crippen LogP contribution >= 0.6 is 34.8 Å². The molecule has 0 aliphatic carbocycles. The Morgan fingerprint density at radius 3 is 2.56 bits per heavy atom. The number of ether oxygens (including phenoxy) is 1. The standard InChI is InChI=1S/C20H12Cl3FO3/c21-16-6-1-12(9-17(16)22)20(25)8-5-13-2-3-15(27-13)11-26-14-4-7-19(24)18(23)10-14/h1-10H,11H2/b8-5+. The Labute approximate surface area is 169 Å². The maximum Gasteiger partial charge on any atom is 0.186 e. The third-order valence-electron chi connectivity index (χ3n) is 3.56.